The molecule has 0 aliphatic rings. The van der Waals surface area contributed by atoms with Gasteiger partial charge < -0.3 is 9.47 Å². The number of carbonyl (C=O) groups is 1. The molecule has 0 aliphatic carbocycles. The average molecular weight is 277 g/mol. The predicted octanol–water partition coefficient (Wildman–Crippen LogP) is 3.96. The molecule has 0 atom stereocenters. The molecule has 2 aromatic rings. The first kappa shape index (κ1) is 13.4. The highest BCUT2D eigenvalue weighted by atomic mass is 35.5. The second-order valence-electron chi connectivity index (χ2n) is 3.77. The van der Waals surface area contributed by atoms with Gasteiger partial charge in [-0.15, -0.1) is 0 Å². The van der Waals surface area contributed by atoms with Gasteiger partial charge in [0, 0.05) is 5.02 Å². The van der Waals surface area contributed by atoms with Crippen LogP contribution in [0.3, 0.4) is 0 Å². The number of benzene rings is 2. The molecule has 98 valence electrons. The molecule has 3 nitrogen and oxygen atoms in total. The molecular formula is C15H13ClO3. The second kappa shape index (κ2) is 6.25. The number of rotatable bonds is 4. The van der Waals surface area contributed by atoms with Gasteiger partial charge in [-0.2, -0.15) is 0 Å². The Labute approximate surface area is 116 Å². The molecule has 0 spiro atoms. The van der Waals surface area contributed by atoms with Crippen molar-refractivity contribution in [2.45, 2.75) is 6.92 Å². The molecule has 0 bridgehead atoms. The fraction of sp³-hybridized carbons (Fsp3) is 0.133. The molecule has 4 heteroatoms. The molecular weight excluding hydrogens is 264 g/mol. The Morgan fingerprint density at radius 2 is 1.79 bits per heavy atom. The second-order valence-corrected chi connectivity index (χ2v) is 4.21. The van der Waals surface area contributed by atoms with Gasteiger partial charge in [-0.25, -0.2) is 4.79 Å². The molecule has 0 fully saturated rings. The zero-order chi connectivity index (χ0) is 13.7. The third-order valence-corrected chi connectivity index (χ3v) is 2.68. The van der Waals surface area contributed by atoms with Crippen LogP contribution in [-0.4, -0.2) is 12.6 Å². The molecule has 2 rings (SSSR count). The first-order valence-electron chi connectivity index (χ1n) is 5.90. The normalized spacial score (nSPS) is 10.0. The summed E-state index contributed by atoms with van der Waals surface area (Å²) in [6.07, 6.45) is 0. The van der Waals surface area contributed by atoms with Crippen LogP contribution >= 0.6 is 11.6 Å². The minimum absolute atomic E-state index is 0.402. The van der Waals surface area contributed by atoms with E-state index >= 15 is 0 Å². The van der Waals surface area contributed by atoms with Crippen molar-refractivity contribution in [3.8, 4) is 11.5 Å². The van der Waals surface area contributed by atoms with Crippen LogP contribution in [0.15, 0.2) is 48.5 Å². The third-order valence-electron chi connectivity index (χ3n) is 2.43. The summed E-state index contributed by atoms with van der Waals surface area (Å²) in [6.45, 7) is 2.35. The lowest BCUT2D eigenvalue weighted by atomic mass is 10.2. The third kappa shape index (κ3) is 3.48. The van der Waals surface area contributed by atoms with Gasteiger partial charge in [0.1, 0.15) is 17.1 Å². The number of hydrogen-bond donors (Lipinski definition) is 0. The molecule has 0 amide bonds. The van der Waals surface area contributed by atoms with E-state index in [4.69, 9.17) is 21.1 Å². The molecule has 0 aliphatic heterocycles. The summed E-state index contributed by atoms with van der Waals surface area (Å²) in [5.41, 5.74) is 0.402. The van der Waals surface area contributed by atoms with Crippen molar-refractivity contribution in [1.29, 1.82) is 0 Å². The van der Waals surface area contributed by atoms with Crippen LogP contribution in [0.1, 0.15) is 17.3 Å². The Hall–Kier alpha value is -2.00. The van der Waals surface area contributed by atoms with Gasteiger partial charge in [0.25, 0.3) is 0 Å². The Kier molecular flexibility index (Phi) is 4.42. The minimum Gasteiger partial charge on any atom is -0.493 e. The van der Waals surface area contributed by atoms with Crippen LogP contribution in [0.25, 0.3) is 0 Å². The zero-order valence-corrected chi connectivity index (χ0v) is 11.2. The van der Waals surface area contributed by atoms with Gasteiger partial charge in [-0.3, -0.25) is 0 Å². The number of esters is 1. The van der Waals surface area contributed by atoms with E-state index in [0.29, 0.717) is 28.7 Å². The first-order valence-corrected chi connectivity index (χ1v) is 6.28. The van der Waals surface area contributed by atoms with Crippen molar-refractivity contribution in [1.82, 2.24) is 0 Å². The largest absolute Gasteiger partial charge is 0.493 e. The SMILES string of the molecule is CCOc1ccccc1C(=O)Oc1ccc(Cl)cc1. The molecule has 0 N–H and O–H groups in total. The quantitative estimate of drug-likeness (QED) is 0.626. The van der Waals surface area contributed by atoms with Crippen molar-refractivity contribution < 1.29 is 14.3 Å². The number of para-hydroxylation sites is 1. The Morgan fingerprint density at radius 1 is 1.11 bits per heavy atom. The fourth-order valence-corrected chi connectivity index (χ4v) is 1.71. The lowest BCUT2D eigenvalue weighted by molar-refractivity contribution is 0.0730. The number of ether oxygens (including phenoxy) is 2. The van der Waals surface area contributed by atoms with Gasteiger partial charge >= 0.3 is 5.97 Å². The molecule has 0 saturated carbocycles. The summed E-state index contributed by atoms with van der Waals surface area (Å²) in [5, 5.41) is 0.592. The molecule has 0 saturated heterocycles. The molecule has 19 heavy (non-hydrogen) atoms. The monoisotopic (exact) mass is 276 g/mol. The van der Waals surface area contributed by atoms with Crippen molar-refractivity contribution in [2.75, 3.05) is 6.61 Å². The topological polar surface area (TPSA) is 35.5 Å². The molecule has 0 unspecified atom stereocenters. The maximum Gasteiger partial charge on any atom is 0.347 e. The average Bonchev–Trinajstić information content (AvgIpc) is 2.42. The maximum atomic E-state index is 12.1. The number of hydrogen-bond acceptors (Lipinski definition) is 3. The van der Waals surface area contributed by atoms with Gasteiger partial charge in [0.2, 0.25) is 0 Å². The summed E-state index contributed by atoms with van der Waals surface area (Å²) >= 11 is 5.77. The fourth-order valence-electron chi connectivity index (χ4n) is 1.58. The Balaban J connectivity index is 2.18. The Morgan fingerprint density at radius 3 is 2.47 bits per heavy atom. The van der Waals surface area contributed by atoms with Crippen molar-refractivity contribution in [3.05, 3.63) is 59.1 Å². The van der Waals surface area contributed by atoms with E-state index in [1.54, 1.807) is 42.5 Å². The highest BCUT2D eigenvalue weighted by Crippen LogP contribution is 2.21. The summed E-state index contributed by atoms with van der Waals surface area (Å²) in [5.74, 6) is 0.510. The minimum atomic E-state index is -0.452. The highest BCUT2D eigenvalue weighted by molar-refractivity contribution is 6.30. The van der Waals surface area contributed by atoms with Crippen LogP contribution in [0.4, 0.5) is 0 Å². The Bertz CT molecular complexity index is 564. The van der Waals surface area contributed by atoms with Gasteiger partial charge in [0.15, 0.2) is 0 Å². The predicted molar refractivity (Wildman–Crippen MR) is 74.0 cm³/mol. The summed E-state index contributed by atoms with van der Waals surface area (Å²) in [6, 6.07) is 13.6. The molecule has 0 radical (unpaired) electrons. The number of carbonyl (C=O) groups excluding carboxylic acids is 1. The smallest absolute Gasteiger partial charge is 0.347 e. The van der Waals surface area contributed by atoms with Crippen molar-refractivity contribution in [3.63, 3.8) is 0 Å². The van der Waals surface area contributed by atoms with E-state index in [0.717, 1.165) is 0 Å². The molecule has 2 aromatic carbocycles. The van der Waals surface area contributed by atoms with Crippen molar-refractivity contribution >= 4 is 17.6 Å². The molecule has 0 aromatic heterocycles. The summed E-state index contributed by atoms with van der Waals surface area (Å²) in [7, 11) is 0. The standard InChI is InChI=1S/C15H13ClO3/c1-2-18-14-6-4-3-5-13(14)15(17)19-12-9-7-11(16)8-10-12/h3-10H,2H2,1H3. The van der Waals surface area contributed by atoms with E-state index < -0.39 is 5.97 Å². The zero-order valence-electron chi connectivity index (χ0n) is 10.4. The molecule has 0 heterocycles. The van der Waals surface area contributed by atoms with Gasteiger partial charge in [-0.05, 0) is 43.3 Å². The lowest BCUT2D eigenvalue weighted by Gasteiger charge is -2.09. The van der Waals surface area contributed by atoms with Crippen LogP contribution < -0.4 is 9.47 Å². The van der Waals surface area contributed by atoms with E-state index in [1.165, 1.54) is 0 Å². The van der Waals surface area contributed by atoms with E-state index in [9.17, 15) is 4.79 Å². The highest BCUT2D eigenvalue weighted by Gasteiger charge is 2.14. The first-order chi connectivity index (χ1) is 9.20. The van der Waals surface area contributed by atoms with Crippen LogP contribution in [0.5, 0.6) is 11.5 Å². The van der Waals surface area contributed by atoms with E-state index in [1.807, 2.05) is 13.0 Å². The maximum absolute atomic E-state index is 12.1. The van der Waals surface area contributed by atoms with E-state index in [2.05, 4.69) is 0 Å². The lowest BCUT2D eigenvalue weighted by Crippen LogP contribution is -2.10. The van der Waals surface area contributed by atoms with Gasteiger partial charge in [0.05, 0.1) is 6.61 Å². The van der Waals surface area contributed by atoms with Crippen LogP contribution in [0.2, 0.25) is 5.02 Å². The number of halogens is 1. The summed E-state index contributed by atoms with van der Waals surface area (Å²) < 4.78 is 10.7. The van der Waals surface area contributed by atoms with Crippen LogP contribution in [-0.2, 0) is 0 Å². The van der Waals surface area contributed by atoms with Crippen molar-refractivity contribution in [2.24, 2.45) is 0 Å². The summed E-state index contributed by atoms with van der Waals surface area (Å²) in [4.78, 5) is 12.1. The van der Waals surface area contributed by atoms with E-state index in [-0.39, 0.29) is 0 Å². The van der Waals surface area contributed by atoms with Crippen LogP contribution in [0, 0.1) is 0 Å². The van der Waals surface area contributed by atoms with Gasteiger partial charge in [-0.1, -0.05) is 23.7 Å².